The maximum atomic E-state index is 12.9. The second-order valence-electron chi connectivity index (χ2n) is 4.82. The molecule has 4 heteroatoms. The van der Waals surface area contributed by atoms with E-state index in [4.69, 9.17) is 0 Å². The molecule has 0 saturated carbocycles. The van der Waals surface area contributed by atoms with Crippen LogP contribution in [0.4, 0.5) is 8.78 Å². The third-order valence-electron chi connectivity index (χ3n) is 3.18. The molecule has 1 saturated heterocycles. The highest BCUT2D eigenvalue weighted by Crippen LogP contribution is 2.20. The zero-order valence-electron chi connectivity index (χ0n) is 10.1. The van der Waals surface area contributed by atoms with Crippen LogP contribution in [0.3, 0.4) is 0 Å². The molecule has 0 aromatic rings. The Morgan fingerprint density at radius 2 is 1.60 bits per heavy atom. The number of halogens is 2. The van der Waals surface area contributed by atoms with Crippen LogP contribution in [0.5, 0.6) is 0 Å². The van der Waals surface area contributed by atoms with Crippen LogP contribution < -0.4 is 0 Å². The van der Waals surface area contributed by atoms with E-state index < -0.39 is 12.5 Å². The van der Waals surface area contributed by atoms with E-state index >= 15 is 0 Å². The lowest BCUT2D eigenvalue weighted by atomic mass is 10.1. The smallest absolute Gasteiger partial charge is 0.255 e. The first-order valence-corrected chi connectivity index (χ1v) is 5.71. The Balaban J connectivity index is 2.65. The summed E-state index contributed by atoms with van der Waals surface area (Å²) in [5, 5.41) is 0. The number of piperazine rings is 1. The van der Waals surface area contributed by atoms with Crippen molar-refractivity contribution in [3.63, 3.8) is 0 Å². The van der Waals surface area contributed by atoms with Gasteiger partial charge in [0, 0.05) is 31.7 Å². The van der Waals surface area contributed by atoms with Gasteiger partial charge in [-0.05, 0) is 27.7 Å². The molecular weight excluding hydrogens is 198 g/mol. The maximum Gasteiger partial charge on any atom is 0.255 e. The Morgan fingerprint density at radius 1 is 1.00 bits per heavy atom. The topological polar surface area (TPSA) is 6.48 Å². The van der Waals surface area contributed by atoms with Crippen molar-refractivity contribution in [1.29, 1.82) is 0 Å². The van der Waals surface area contributed by atoms with Gasteiger partial charge in [0.15, 0.2) is 0 Å². The third kappa shape index (κ3) is 3.11. The summed E-state index contributed by atoms with van der Waals surface area (Å²) in [6, 6.07) is -0.0278. The van der Waals surface area contributed by atoms with Gasteiger partial charge in [0.2, 0.25) is 0 Å². The van der Waals surface area contributed by atoms with Crippen molar-refractivity contribution in [2.75, 3.05) is 19.6 Å². The molecule has 15 heavy (non-hydrogen) atoms. The number of nitrogens with zero attached hydrogens (tertiary/aromatic N) is 2. The fourth-order valence-electron chi connectivity index (χ4n) is 2.18. The Kier molecular flexibility index (Phi) is 4.46. The number of hydrogen-bond acceptors (Lipinski definition) is 2. The van der Waals surface area contributed by atoms with Crippen molar-refractivity contribution in [3.05, 3.63) is 0 Å². The van der Waals surface area contributed by atoms with E-state index in [-0.39, 0.29) is 6.04 Å². The van der Waals surface area contributed by atoms with E-state index in [1.807, 2.05) is 18.7 Å². The molecule has 1 rings (SSSR count). The molecule has 0 radical (unpaired) electrons. The summed E-state index contributed by atoms with van der Waals surface area (Å²) in [6.07, 6.45) is -2.24. The van der Waals surface area contributed by atoms with Gasteiger partial charge in [-0.15, -0.1) is 0 Å². The minimum absolute atomic E-state index is 0.207. The second-order valence-corrected chi connectivity index (χ2v) is 4.82. The molecule has 0 bridgehead atoms. The van der Waals surface area contributed by atoms with E-state index in [1.165, 1.54) is 0 Å². The maximum absolute atomic E-state index is 12.9. The number of hydrogen-bond donors (Lipinski definition) is 0. The van der Waals surface area contributed by atoms with Gasteiger partial charge in [-0.3, -0.25) is 9.80 Å². The highest BCUT2D eigenvalue weighted by atomic mass is 19.3. The summed E-state index contributed by atoms with van der Waals surface area (Å²) in [6.45, 7) is 10.2. The van der Waals surface area contributed by atoms with Gasteiger partial charge in [-0.2, -0.15) is 0 Å². The highest BCUT2D eigenvalue weighted by Gasteiger charge is 2.35. The van der Waals surface area contributed by atoms with Gasteiger partial charge in [0.05, 0.1) is 6.04 Å². The number of rotatable bonds is 3. The van der Waals surface area contributed by atoms with Gasteiger partial charge >= 0.3 is 0 Å². The Bertz CT molecular complexity index is 195. The first-order valence-electron chi connectivity index (χ1n) is 5.71. The van der Waals surface area contributed by atoms with Crippen LogP contribution >= 0.6 is 0 Å². The Labute approximate surface area is 91.2 Å². The minimum atomic E-state index is -2.24. The molecule has 1 aliphatic rings. The van der Waals surface area contributed by atoms with Crippen molar-refractivity contribution in [3.8, 4) is 0 Å². The Hall–Kier alpha value is -0.220. The SMILES string of the molecule is CC(C)N1CCN(C(C)C)C(C(F)F)C1. The Morgan fingerprint density at radius 3 is 2.00 bits per heavy atom. The minimum Gasteiger partial charge on any atom is -0.298 e. The van der Waals surface area contributed by atoms with E-state index in [1.54, 1.807) is 0 Å². The van der Waals surface area contributed by atoms with Crippen LogP contribution in [0.15, 0.2) is 0 Å². The zero-order chi connectivity index (χ0) is 11.6. The van der Waals surface area contributed by atoms with Gasteiger partial charge in [-0.25, -0.2) is 8.78 Å². The third-order valence-corrected chi connectivity index (χ3v) is 3.18. The lowest BCUT2D eigenvalue weighted by molar-refractivity contribution is -0.0445. The first-order chi connectivity index (χ1) is 6.93. The van der Waals surface area contributed by atoms with Crippen LogP contribution in [-0.2, 0) is 0 Å². The van der Waals surface area contributed by atoms with Crippen LogP contribution in [0, 0.1) is 0 Å². The van der Waals surface area contributed by atoms with Gasteiger partial charge < -0.3 is 0 Å². The van der Waals surface area contributed by atoms with Crippen molar-refractivity contribution in [2.24, 2.45) is 0 Å². The van der Waals surface area contributed by atoms with E-state index in [0.717, 1.165) is 13.1 Å². The molecular formula is C11H22F2N2. The van der Waals surface area contributed by atoms with Crippen LogP contribution in [0.2, 0.25) is 0 Å². The fourth-order valence-corrected chi connectivity index (χ4v) is 2.18. The average molecular weight is 220 g/mol. The molecule has 0 aromatic heterocycles. The quantitative estimate of drug-likeness (QED) is 0.718. The molecule has 0 aromatic carbocycles. The van der Waals surface area contributed by atoms with Crippen molar-refractivity contribution in [1.82, 2.24) is 9.80 Å². The van der Waals surface area contributed by atoms with Gasteiger partial charge in [-0.1, -0.05) is 0 Å². The van der Waals surface area contributed by atoms with Crippen molar-refractivity contribution < 1.29 is 8.78 Å². The zero-order valence-corrected chi connectivity index (χ0v) is 10.1. The summed E-state index contributed by atoms with van der Waals surface area (Å²) in [4.78, 5) is 4.05. The predicted octanol–water partition coefficient (Wildman–Crippen LogP) is 2.05. The summed E-state index contributed by atoms with van der Waals surface area (Å²) in [5.74, 6) is 0. The fraction of sp³-hybridized carbons (Fsp3) is 1.00. The van der Waals surface area contributed by atoms with Crippen LogP contribution in [0.1, 0.15) is 27.7 Å². The summed E-state index contributed by atoms with van der Waals surface area (Å²) < 4.78 is 25.8. The molecule has 0 aliphatic carbocycles. The summed E-state index contributed by atoms with van der Waals surface area (Å²) in [5.41, 5.74) is 0. The lowest BCUT2D eigenvalue weighted by Gasteiger charge is -2.44. The lowest BCUT2D eigenvalue weighted by Crippen LogP contribution is -2.59. The van der Waals surface area contributed by atoms with Crippen molar-refractivity contribution >= 4 is 0 Å². The second kappa shape index (κ2) is 5.21. The highest BCUT2D eigenvalue weighted by molar-refractivity contribution is 4.86. The predicted molar refractivity (Wildman–Crippen MR) is 58.3 cm³/mol. The van der Waals surface area contributed by atoms with Gasteiger partial charge in [0.1, 0.15) is 0 Å². The molecule has 1 fully saturated rings. The molecule has 1 heterocycles. The molecule has 0 spiro atoms. The summed E-state index contributed by atoms with van der Waals surface area (Å²) in [7, 11) is 0. The molecule has 2 nitrogen and oxygen atoms in total. The van der Waals surface area contributed by atoms with E-state index in [9.17, 15) is 8.78 Å². The first kappa shape index (κ1) is 12.8. The van der Waals surface area contributed by atoms with E-state index in [2.05, 4.69) is 18.7 Å². The van der Waals surface area contributed by atoms with E-state index in [0.29, 0.717) is 12.6 Å². The molecule has 1 aliphatic heterocycles. The molecule has 1 unspecified atom stereocenters. The monoisotopic (exact) mass is 220 g/mol. The van der Waals surface area contributed by atoms with Crippen molar-refractivity contribution in [2.45, 2.75) is 52.2 Å². The molecule has 90 valence electrons. The van der Waals surface area contributed by atoms with Gasteiger partial charge in [0.25, 0.3) is 6.43 Å². The van der Waals surface area contributed by atoms with Crippen LogP contribution in [0.25, 0.3) is 0 Å². The number of alkyl halides is 2. The molecule has 0 amide bonds. The largest absolute Gasteiger partial charge is 0.298 e. The summed E-state index contributed by atoms with van der Waals surface area (Å²) >= 11 is 0. The standard InChI is InChI=1S/C11H22F2N2/c1-8(2)14-5-6-15(9(3)4)10(7-14)11(12)13/h8-11H,5-7H2,1-4H3. The van der Waals surface area contributed by atoms with Crippen LogP contribution in [-0.4, -0.2) is 54.0 Å². The average Bonchev–Trinajstić information content (AvgIpc) is 2.16. The molecule has 0 N–H and O–H groups in total. The molecule has 1 atom stereocenters. The normalized spacial score (nSPS) is 25.8.